The summed E-state index contributed by atoms with van der Waals surface area (Å²) in [6.45, 7) is 4.14. The first-order valence-electron chi connectivity index (χ1n) is 10.5. The minimum Gasteiger partial charge on any atom is -0.277 e. The standard InChI is InChI=1S/C20H32N4O/c1-3-10-17-21-19-23(18(25)4-2)16-12-7-6-11-15(16)20(24(19)22-17)13-8-5-9-14-20/h15-16H,3-14H2,1-2H3/t15-,16+/m1/s1. The van der Waals surface area contributed by atoms with Gasteiger partial charge in [0.15, 0.2) is 5.82 Å². The monoisotopic (exact) mass is 344 g/mol. The fourth-order valence-electron chi connectivity index (χ4n) is 5.70. The Morgan fingerprint density at radius 1 is 1.12 bits per heavy atom. The van der Waals surface area contributed by atoms with E-state index in [9.17, 15) is 4.79 Å². The summed E-state index contributed by atoms with van der Waals surface area (Å²) in [4.78, 5) is 19.8. The molecular weight excluding hydrogens is 312 g/mol. The molecule has 4 rings (SSSR count). The normalized spacial score (nSPS) is 27.8. The Morgan fingerprint density at radius 2 is 1.88 bits per heavy atom. The zero-order chi connectivity index (χ0) is 17.4. The first-order chi connectivity index (χ1) is 12.2. The van der Waals surface area contributed by atoms with Crippen molar-refractivity contribution in [3.63, 3.8) is 0 Å². The highest BCUT2D eigenvalue weighted by molar-refractivity contribution is 5.92. The van der Waals surface area contributed by atoms with Crippen LogP contribution in [-0.2, 0) is 16.8 Å². The van der Waals surface area contributed by atoms with Crippen LogP contribution in [0.5, 0.6) is 0 Å². The van der Waals surface area contributed by atoms with Crippen LogP contribution in [-0.4, -0.2) is 26.7 Å². The molecule has 2 fully saturated rings. The molecule has 1 aliphatic heterocycles. The van der Waals surface area contributed by atoms with Crippen molar-refractivity contribution >= 4 is 11.9 Å². The third-order valence-electron chi connectivity index (χ3n) is 6.79. The molecule has 1 aromatic heterocycles. The molecule has 1 amide bonds. The van der Waals surface area contributed by atoms with Crippen molar-refractivity contribution in [1.82, 2.24) is 14.8 Å². The second-order valence-electron chi connectivity index (χ2n) is 8.23. The van der Waals surface area contributed by atoms with E-state index >= 15 is 0 Å². The molecule has 2 heterocycles. The first-order valence-corrected chi connectivity index (χ1v) is 10.5. The summed E-state index contributed by atoms with van der Waals surface area (Å²) in [6.07, 6.45) is 13.7. The quantitative estimate of drug-likeness (QED) is 0.825. The first kappa shape index (κ1) is 17.0. The van der Waals surface area contributed by atoms with Crippen LogP contribution in [0.1, 0.15) is 90.3 Å². The molecule has 0 bridgehead atoms. The largest absolute Gasteiger partial charge is 0.277 e. The van der Waals surface area contributed by atoms with Gasteiger partial charge < -0.3 is 0 Å². The third-order valence-corrected chi connectivity index (χ3v) is 6.79. The van der Waals surface area contributed by atoms with Gasteiger partial charge in [-0.05, 0) is 32.1 Å². The van der Waals surface area contributed by atoms with Gasteiger partial charge >= 0.3 is 0 Å². The summed E-state index contributed by atoms with van der Waals surface area (Å²) >= 11 is 0. The molecule has 2 atom stereocenters. The zero-order valence-electron chi connectivity index (χ0n) is 15.8. The highest BCUT2D eigenvalue weighted by atomic mass is 16.2. The van der Waals surface area contributed by atoms with E-state index in [1.165, 1.54) is 51.4 Å². The second-order valence-corrected chi connectivity index (χ2v) is 8.23. The van der Waals surface area contributed by atoms with Crippen molar-refractivity contribution in [2.24, 2.45) is 5.92 Å². The lowest BCUT2D eigenvalue weighted by Crippen LogP contribution is -2.61. The predicted molar refractivity (Wildman–Crippen MR) is 98.6 cm³/mol. The number of carbonyl (C=O) groups is 1. The highest BCUT2D eigenvalue weighted by Gasteiger charge is 2.54. The lowest BCUT2D eigenvalue weighted by atomic mass is 9.64. The summed E-state index contributed by atoms with van der Waals surface area (Å²) in [7, 11) is 0. The van der Waals surface area contributed by atoms with E-state index < -0.39 is 0 Å². The van der Waals surface area contributed by atoms with Crippen LogP contribution in [0.2, 0.25) is 0 Å². The van der Waals surface area contributed by atoms with Crippen molar-refractivity contribution in [1.29, 1.82) is 0 Å². The SMILES string of the molecule is CCCc1nc2n(n1)C1(CCCCC1)[C@@H]1CCCC[C@@H]1N2C(=O)CC. The number of anilines is 1. The fourth-order valence-corrected chi connectivity index (χ4v) is 5.70. The molecule has 0 radical (unpaired) electrons. The summed E-state index contributed by atoms with van der Waals surface area (Å²) < 4.78 is 2.23. The van der Waals surface area contributed by atoms with Gasteiger partial charge in [0, 0.05) is 24.8 Å². The van der Waals surface area contributed by atoms with Crippen molar-refractivity contribution in [3.05, 3.63) is 5.82 Å². The Bertz CT molecular complexity index is 632. The number of rotatable bonds is 3. The summed E-state index contributed by atoms with van der Waals surface area (Å²) in [5.41, 5.74) is 0.113. The van der Waals surface area contributed by atoms with E-state index in [0.717, 1.165) is 31.0 Å². The maximum absolute atomic E-state index is 12.9. The number of carbonyl (C=O) groups excluding carboxylic acids is 1. The van der Waals surface area contributed by atoms with Gasteiger partial charge in [-0.1, -0.05) is 46.0 Å². The van der Waals surface area contributed by atoms with Crippen LogP contribution in [0.15, 0.2) is 0 Å². The number of nitrogens with zero attached hydrogens (tertiary/aromatic N) is 4. The predicted octanol–water partition coefficient (Wildman–Crippen LogP) is 4.21. The lowest BCUT2D eigenvalue weighted by molar-refractivity contribution is -0.120. The summed E-state index contributed by atoms with van der Waals surface area (Å²) in [6, 6.07) is 0.338. The molecule has 0 saturated heterocycles. The van der Waals surface area contributed by atoms with E-state index in [1.54, 1.807) is 0 Å². The maximum atomic E-state index is 12.9. The number of aromatic nitrogens is 3. The fraction of sp³-hybridized carbons (Fsp3) is 0.850. The molecule has 2 saturated carbocycles. The average Bonchev–Trinajstić information content (AvgIpc) is 3.07. The van der Waals surface area contributed by atoms with E-state index in [4.69, 9.17) is 10.1 Å². The molecule has 0 aromatic carbocycles. The van der Waals surface area contributed by atoms with Crippen molar-refractivity contribution in [3.8, 4) is 0 Å². The van der Waals surface area contributed by atoms with Crippen molar-refractivity contribution in [2.45, 2.75) is 102 Å². The van der Waals surface area contributed by atoms with Crippen molar-refractivity contribution in [2.75, 3.05) is 4.90 Å². The zero-order valence-corrected chi connectivity index (χ0v) is 15.8. The third kappa shape index (κ3) is 2.61. The van der Waals surface area contributed by atoms with Gasteiger partial charge in [-0.25, -0.2) is 4.68 Å². The minimum absolute atomic E-state index is 0.113. The topological polar surface area (TPSA) is 51.0 Å². The molecule has 2 aliphatic carbocycles. The van der Waals surface area contributed by atoms with Gasteiger partial charge in [-0.15, -0.1) is 0 Å². The Hall–Kier alpha value is -1.39. The van der Waals surface area contributed by atoms with Gasteiger partial charge in [0.05, 0.1) is 5.54 Å². The summed E-state index contributed by atoms with van der Waals surface area (Å²) in [5.74, 6) is 2.57. The maximum Gasteiger partial charge on any atom is 0.231 e. The highest BCUT2D eigenvalue weighted by Crippen LogP contribution is 2.52. The van der Waals surface area contributed by atoms with E-state index in [0.29, 0.717) is 18.4 Å². The van der Waals surface area contributed by atoms with Crippen molar-refractivity contribution < 1.29 is 4.79 Å². The number of hydrogen-bond donors (Lipinski definition) is 0. The smallest absolute Gasteiger partial charge is 0.231 e. The average molecular weight is 345 g/mol. The van der Waals surface area contributed by atoms with Gasteiger partial charge in [0.25, 0.3) is 0 Å². The van der Waals surface area contributed by atoms with Gasteiger partial charge in [0.1, 0.15) is 0 Å². The molecule has 0 unspecified atom stereocenters. The molecule has 138 valence electrons. The Balaban J connectivity index is 1.86. The molecule has 0 N–H and O–H groups in total. The lowest BCUT2D eigenvalue weighted by Gasteiger charge is -2.55. The summed E-state index contributed by atoms with van der Waals surface area (Å²) in [5, 5.41) is 4.99. The Labute approximate surface area is 151 Å². The number of aryl methyl sites for hydroxylation is 1. The van der Waals surface area contributed by atoms with Crippen LogP contribution in [0.3, 0.4) is 0 Å². The number of amides is 1. The molecular formula is C20H32N4O. The Kier molecular flexibility index (Phi) is 4.59. The molecule has 3 aliphatic rings. The van der Waals surface area contributed by atoms with Crippen LogP contribution >= 0.6 is 0 Å². The van der Waals surface area contributed by atoms with E-state index in [1.807, 2.05) is 6.92 Å². The molecule has 5 nitrogen and oxygen atoms in total. The second kappa shape index (κ2) is 6.73. The van der Waals surface area contributed by atoms with Gasteiger partial charge in [-0.2, -0.15) is 10.1 Å². The minimum atomic E-state index is 0.113. The van der Waals surface area contributed by atoms with Gasteiger partial charge in [0.2, 0.25) is 11.9 Å². The van der Waals surface area contributed by atoms with Crippen LogP contribution in [0, 0.1) is 5.92 Å². The number of fused-ring (bicyclic) bond motifs is 4. The molecule has 25 heavy (non-hydrogen) atoms. The molecule has 5 heteroatoms. The van der Waals surface area contributed by atoms with Gasteiger partial charge in [-0.3, -0.25) is 9.69 Å². The van der Waals surface area contributed by atoms with Crippen LogP contribution in [0.4, 0.5) is 5.95 Å². The van der Waals surface area contributed by atoms with E-state index in [-0.39, 0.29) is 11.4 Å². The van der Waals surface area contributed by atoms with Crippen LogP contribution in [0.25, 0.3) is 0 Å². The van der Waals surface area contributed by atoms with Crippen LogP contribution < -0.4 is 4.90 Å². The molecule has 1 aromatic rings. The number of hydrogen-bond acceptors (Lipinski definition) is 3. The van der Waals surface area contributed by atoms with E-state index in [2.05, 4.69) is 16.5 Å². The molecule has 1 spiro atoms. The Morgan fingerprint density at radius 3 is 2.60 bits per heavy atom.